The highest BCUT2D eigenvalue weighted by Crippen LogP contribution is 2.25. The Morgan fingerprint density at radius 2 is 2.04 bits per heavy atom. The standard InChI is InChI=1S/C18H23N3O2/c1-14-5-2-3-6-15(14)16(13-19)20-8-10-21(11-9-20)18(22)17-7-4-12-23-17/h2-3,5-6,16-17H,4,7-12H2,1H3. The molecule has 5 heteroatoms. The number of carbonyl (C=O) groups excluding carboxylic acids is 1. The molecule has 23 heavy (non-hydrogen) atoms. The zero-order valence-corrected chi connectivity index (χ0v) is 13.6. The molecule has 2 unspecified atom stereocenters. The van der Waals surface area contributed by atoms with Crippen LogP contribution in [0.3, 0.4) is 0 Å². The molecule has 0 aromatic heterocycles. The van der Waals surface area contributed by atoms with Crippen LogP contribution in [0, 0.1) is 18.3 Å². The van der Waals surface area contributed by atoms with E-state index in [9.17, 15) is 10.1 Å². The Morgan fingerprint density at radius 1 is 1.30 bits per heavy atom. The van der Waals surface area contributed by atoms with Crippen LogP contribution in [0.15, 0.2) is 24.3 Å². The Labute approximate surface area is 137 Å². The number of rotatable bonds is 3. The molecule has 0 aliphatic carbocycles. The third kappa shape index (κ3) is 3.39. The van der Waals surface area contributed by atoms with E-state index in [4.69, 9.17) is 4.74 Å². The minimum Gasteiger partial charge on any atom is -0.368 e. The first kappa shape index (κ1) is 16.0. The molecule has 5 nitrogen and oxygen atoms in total. The second-order valence-corrected chi connectivity index (χ2v) is 6.25. The van der Waals surface area contributed by atoms with Gasteiger partial charge in [0.2, 0.25) is 0 Å². The van der Waals surface area contributed by atoms with Gasteiger partial charge in [0.25, 0.3) is 5.91 Å². The van der Waals surface area contributed by atoms with Gasteiger partial charge < -0.3 is 9.64 Å². The fraction of sp³-hybridized carbons (Fsp3) is 0.556. The van der Waals surface area contributed by atoms with Gasteiger partial charge in [0.1, 0.15) is 12.1 Å². The van der Waals surface area contributed by atoms with Crippen LogP contribution in [0.4, 0.5) is 0 Å². The molecule has 2 aliphatic heterocycles. The summed E-state index contributed by atoms with van der Waals surface area (Å²) in [6.45, 7) is 5.53. The van der Waals surface area contributed by atoms with Gasteiger partial charge in [-0.25, -0.2) is 0 Å². The summed E-state index contributed by atoms with van der Waals surface area (Å²) in [6.07, 6.45) is 1.56. The fourth-order valence-corrected chi connectivity index (χ4v) is 3.42. The zero-order chi connectivity index (χ0) is 16.2. The molecule has 0 N–H and O–H groups in total. The molecule has 1 amide bonds. The molecular weight excluding hydrogens is 290 g/mol. The van der Waals surface area contributed by atoms with Crippen LogP contribution >= 0.6 is 0 Å². The molecule has 2 atom stereocenters. The number of benzene rings is 1. The number of hydrogen-bond acceptors (Lipinski definition) is 4. The number of carbonyl (C=O) groups is 1. The van der Waals surface area contributed by atoms with Crippen molar-refractivity contribution in [1.82, 2.24) is 9.80 Å². The van der Waals surface area contributed by atoms with Crippen LogP contribution in [0.1, 0.15) is 30.0 Å². The number of nitriles is 1. The SMILES string of the molecule is Cc1ccccc1C(C#N)N1CCN(C(=O)C2CCCO2)CC1. The third-order valence-electron chi connectivity index (χ3n) is 4.80. The van der Waals surface area contributed by atoms with Gasteiger partial charge in [-0.05, 0) is 30.9 Å². The molecule has 0 saturated carbocycles. The fourth-order valence-electron chi connectivity index (χ4n) is 3.42. The first-order valence-corrected chi connectivity index (χ1v) is 8.30. The molecule has 0 spiro atoms. The van der Waals surface area contributed by atoms with Crippen LogP contribution in [0.25, 0.3) is 0 Å². The highest BCUT2D eigenvalue weighted by Gasteiger charge is 2.32. The lowest BCUT2D eigenvalue weighted by Gasteiger charge is -2.38. The first-order chi connectivity index (χ1) is 11.2. The Balaban J connectivity index is 1.62. The van der Waals surface area contributed by atoms with E-state index < -0.39 is 0 Å². The number of hydrogen-bond donors (Lipinski definition) is 0. The van der Waals surface area contributed by atoms with Crippen LogP contribution in [-0.2, 0) is 9.53 Å². The Morgan fingerprint density at radius 3 is 2.65 bits per heavy atom. The lowest BCUT2D eigenvalue weighted by atomic mass is 10.0. The molecule has 0 radical (unpaired) electrons. The molecule has 2 aliphatic rings. The van der Waals surface area contributed by atoms with Gasteiger partial charge in [-0.2, -0.15) is 5.26 Å². The summed E-state index contributed by atoms with van der Waals surface area (Å²) < 4.78 is 5.49. The summed E-state index contributed by atoms with van der Waals surface area (Å²) in [6, 6.07) is 10.2. The second-order valence-electron chi connectivity index (χ2n) is 6.25. The highest BCUT2D eigenvalue weighted by molar-refractivity contribution is 5.81. The van der Waals surface area contributed by atoms with E-state index in [0.29, 0.717) is 19.7 Å². The van der Waals surface area contributed by atoms with Gasteiger partial charge in [-0.15, -0.1) is 0 Å². The van der Waals surface area contributed by atoms with E-state index in [0.717, 1.165) is 37.1 Å². The Hall–Kier alpha value is -1.90. The lowest BCUT2D eigenvalue weighted by molar-refractivity contribution is -0.142. The predicted molar refractivity (Wildman–Crippen MR) is 86.7 cm³/mol. The van der Waals surface area contributed by atoms with E-state index in [1.165, 1.54) is 0 Å². The number of ether oxygens (including phenoxy) is 1. The van der Waals surface area contributed by atoms with Gasteiger partial charge in [-0.3, -0.25) is 9.69 Å². The number of aryl methyl sites for hydroxylation is 1. The van der Waals surface area contributed by atoms with Crippen molar-refractivity contribution in [1.29, 1.82) is 5.26 Å². The van der Waals surface area contributed by atoms with Gasteiger partial charge in [0, 0.05) is 32.8 Å². The summed E-state index contributed by atoms with van der Waals surface area (Å²) >= 11 is 0. The average molecular weight is 313 g/mol. The van der Waals surface area contributed by atoms with E-state index in [1.54, 1.807) is 0 Å². The third-order valence-corrected chi connectivity index (χ3v) is 4.80. The summed E-state index contributed by atoms with van der Waals surface area (Å²) in [5.41, 5.74) is 2.20. The van der Waals surface area contributed by atoms with Gasteiger partial charge >= 0.3 is 0 Å². The quantitative estimate of drug-likeness (QED) is 0.855. The monoisotopic (exact) mass is 313 g/mol. The summed E-state index contributed by atoms with van der Waals surface area (Å²) in [4.78, 5) is 16.4. The van der Waals surface area contributed by atoms with Gasteiger partial charge in [0.15, 0.2) is 0 Å². The summed E-state index contributed by atoms with van der Waals surface area (Å²) in [5, 5.41) is 9.61. The van der Waals surface area contributed by atoms with Crippen molar-refractivity contribution in [2.45, 2.75) is 31.9 Å². The largest absolute Gasteiger partial charge is 0.368 e. The second kappa shape index (κ2) is 7.12. The topological polar surface area (TPSA) is 56.6 Å². The molecule has 2 saturated heterocycles. The van der Waals surface area contributed by atoms with E-state index in [-0.39, 0.29) is 18.1 Å². The van der Waals surface area contributed by atoms with E-state index >= 15 is 0 Å². The predicted octanol–water partition coefficient (Wildman–Crippen LogP) is 1.88. The Kier molecular flexibility index (Phi) is 4.94. The lowest BCUT2D eigenvalue weighted by Crippen LogP contribution is -2.52. The smallest absolute Gasteiger partial charge is 0.251 e. The van der Waals surface area contributed by atoms with Crippen molar-refractivity contribution in [2.75, 3.05) is 32.8 Å². The maximum absolute atomic E-state index is 12.4. The van der Waals surface area contributed by atoms with Crippen molar-refractivity contribution in [3.8, 4) is 6.07 Å². The van der Waals surface area contributed by atoms with Gasteiger partial charge in [0.05, 0.1) is 6.07 Å². The molecular formula is C18H23N3O2. The maximum Gasteiger partial charge on any atom is 0.251 e. The van der Waals surface area contributed by atoms with Crippen molar-refractivity contribution >= 4 is 5.91 Å². The zero-order valence-electron chi connectivity index (χ0n) is 13.6. The van der Waals surface area contributed by atoms with Crippen molar-refractivity contribution in [3.05, 3.63) is 35.4 Å². The first-order valence-electron chi connectivity index (χ1n) is 8.30. The number of amides is 1. The minimum atomic E-state index is -0.246. The van der Waals surface area contributed by atoms with Gasteiger partial charge in [-0.1, -0.05) is 24.3 Å². The van der Waals surface area contributed by atoms with E-state index in [2.05, 4.69) is 11.0 Å². The molecule has 3 rings (SSSR count). The summed E-state index contributed by atoms with van der Waals surface area (Å²) in [5.74, 6) is 0.117. The minimum absolute atomic E-state index is 0.117. The molecule has 2 fully saturated rings. The van der Waals surface area contributed by atoms with Crippen molar-refractivity contribution in [3.63, 3.8) is 0 Å². The van der Waals surface area contributed by atoms with Crippen LogP contribution in [0.5, 0.6) is 0 Å². The van der Waals surface area contributed by atoms with Crippen LogP contribution in [-0.4, -0.2) is 54.6 Å². The maximum atomic E-state index is 12.4. The molecule has 122 valence electrons. The average Bonchev–Trinajstić information content (AvgIpc) is 3.12. The molecule has 2 heterocycles. The summed E-state index contributed by atoms with van der Waals surface area (Å²) in [7, 11) is 0. The van der Waals surface area contributed by atoms with Crippen molar-refractivity contribution in [2.24, 2.45) is 0 Å². The van der Waals surface area contributed by atoms with E-state index in [1.807, 2.05) is 36.1 Å². The number of piperazine rings is 1. The number of nitrogens with zero attached hydrogens (tertiary/aromatic N) is 3. The molecule has 0 bridgehead atoms. The van der Waals surface area contributed by atoms with Crippen LogP contribution in [0.2, 0.25) is 0 Å². The normalized spacial score (nSPS) is 23.5. The Bertz CT molecular complexity index is 597. The highest BCUT2D eigenvalue weighted by atomic mass is 16.5. The van der Waals surface area contributed by atoms with Crippen molar-refractivity contribution < 1.29 is 9.53 Å². The molecule has 1 aromatic carbocycles. The van der Waals surface area contributed by atoms with Crippen LogP contribution < -0.4 is 0 Å². The molecule has 1 aromatic rings.